The van der Waals surface area contributed by atoms with E-state index in [4.69, 9.17) is 11.6 Å². The van der Waals surface area contributed by atoms with Crippen molar-refractivity contribution in [1.29, 1.82) is 0 Å². The number of allylic oxidation sites excluding steroid dienone is 2. The second kappa shape index (κ2) is 4.24. The fourth-order valence-corrected chi connectivity index (χ4v) is 1.98. The van der Waals surface area contributed by atoms with Crippen molar-refractivity contribution in [3.8, 4) is 0 Å². The van der Waals surface area contributed by atoms with Crippen LogP contribution >= 0.6 is 23.4 Å². The zero-order valence-electron chi connectivity index (χ0n) is 6.36. The van der Waals surface area contributed by atoms with Crippen molar-refractivity contribution in [1.82, 2.24) is 0 Å². The molecule has 0 saturated heterocycles. The van der Waals surface area contributed by atoms with Gasteiger partial charge in [-0.05, 0) is 19.1 Å². The zero-order valence-corrected chi connectivity index (χ0v) is 7.94. The maximum absolute atomic E-state index is 5.80. The first kappa shape index (κ1) is 9.38. The minimum absolute atomic E-state index is 0.567. The Bertz CT molecular complexity index is 112. The maximum atomic E-state index is 5.80. The largest absolute Gasteiger partial charge is 0.133 e. The summed E-state index contributed by atoms with van der Waals surface area (Å²) in [5.74, 6) is 0.567. The smallest absolute Gasteiger partial charge is 0.0247 e. The van der Waals surface area contributed by atoms with Gasteiger partial charge in [-0.1, -0.05) is 25.4 Å². The summed E-state index contributed by atoms with van der Waals surface area (Å²) in [6.45, 7) is 6.24. The average Bonchev–Trinajstić information content (AvgIpc) is 1.64. The molecule has 0 unspecified atom stereocenters. The molecule has 0 heterocycles. The number of halogens is 1. The minimum atomic E-state index is 0.567. The Hall–Kier alpha value is 0.380. The lowest BCUT2D eigenvalue weighted by atomic mass is 10.2. The summed E-state index contributed by atoms with van der Waals surface area (Å²) >= 11 is 7.53. The highest BCUT2D eigenvalue weighted by Gasteiger charge is 2.02. The van der Waals surface area contributed by atoms with Crippen LogP contribution in [0.5, 0.6) is 0 Å². The number of rotatable bonds is 2. The van der Waals surface area contributed by atoms with Gasteiger partial charge in [0.05, 0.1) is 0 Å². The van der Waals surface area contributed by atoms with Crippen LogP contribution in [0.3, 0.4) is 0 Å². The molecule has 0 amide bonds. The van der Waals surface area contributed by atoms with E-state index in [1.165, 1.54) is 4.91 Å². The lowest BCUT2D eigenvalue weighted by Crippen LogP contribution is -1.89. The van der Waals surface area contributed by atoms with Crippen LogP contribution in [0.15, 0.2) is 9.94 Å². The molecule has 0 bridgehead atoms. The molecule has 0 aliphatic heterocycles. The third kappa shape index (κ3) is 3.17. The van der Waals surface area contributed by atoms with Crippen molar-refractivity contribution < 1.29 is 0 Å². The first-order valence-corrected chi connectivity index (χ1v) is 4.60. The van der Waals surface area contributed by atoms with Gasteiger partial charge in [0, 0.05) is 9.94 Å². The molecule has 0 saturated carbocycles. The Morgan fingerprint density at radius 1 is 1.44 bits per heavy atom. The second-order valence-corrected chi connectivity index (χ2v) is 3.67. The van der Waals surface area contributed by atoms with Gasteiger partial charge >= 0.3 is 0 Å². The molecule has 0 aromatic heterocycles. The van der Waals surface area contributed by atoms with Crippen molar-refractivity contribution in [2.24, 2.45) is 5.92 Å². The van der Waals surface area contributed by atoms with E-state index >= 15 is 0 Å². The summed E-state index contributed by atoms with van der Waals surface area (Å²) < 4.78 is 0. The maximum Gasteiger partial charge on any atom is 0.0247 e. The summed E-state index contributed by atoms with van der Waals surface area (Å²) in [5, 5.41) is 0.928. The minimum Gasteiger partial charge on any atom is -0.133 e. The van der Waals surface area contributed by atoms with Crippen molar-refractivity contribution in [2.45, 2.75) is 20.8 Å². The standard InChI is InChI=1S/C7H13ClS/c1-5(2)7(9-4)6(3)8/h5H,1-4H3/b7-6-. The molecule has 0 nitrogen and oxygen atoms in total. The van der Waals surface area contributed by atoms with Crippen LogP contribution in [0.4, 0.5) is 0 Å². The molecule has 0 aromatic carbocycles. The molecule has 0 radical (unpaired) electrons. The second-order valence-electron chi connectivity index (χ2n) is 2.26. The number of thioether (sulfide) groups is 1. The first-order valence-electron chi connectivity index (χ1n) is 2.99. The molecule has 0 aromatic rings. The summed E-state index contributed by atoms with van der Waals surface area (Å²) in [5.41, 5.74) is 0. The van der Waals surface area contributed by atoms with E-state index in [1.54, 1.807) is 11.8 Å². The quantitative estimate of drug-likeness (QED) is 0.603. The van der Waals surface area contributed by atoms with Gasteiger partial charge in [0.15, 0.2) is 0 Å². The summed E-state index contributed by atoms with van der Waals surface area (Å²) in [4.78, 5) is 1.29. The van der Waals surface area contributed by atoms with E-state index in [2.05, 4.69) is 20.1 Å². The summed E-state index contributed by atoms with van der Waals surface area (Å²) in [6, 6.07) is 0. The molecule has 0 aliphatic carbocycles. The van der Waals surface area contributed by atoms with Gasteiger partial charge in [-0.15, -0.1) is 11.8 Å². The van der Waals surface area contributed by atoms with E-state index in [0.717, 1.165) is 5.03 Å². The Kier molecular flexibility index (Phi) is 4.41. The van der Waals surface area contributed by atoms with Gasteiger partial charge in [-0.2, -0.15) is 0 Å². The van der Waals surface area contributed by atoms with E-state index in [0.29, 0.717) is 5.92 Å². The van der Waals surface area contributed by atoms with Crippen molar-refractivity contribution in [3.63, 3.8) is 0 Å². The molecule has 2 heteroatoms. The third-order valence-electron chi connectivity index (χ3n) is 1.08. The topological polar surface area (TPSA) is 0 Å². The van der Waals surface area contributed by atoms with Gasteiger partial charge in [0.25, 0.3) is 0 Å². The van der Waals surface area contributed by atoms with Gasteiger partial charge in [-0.25, -0.2) is 0 Å². The van der Waals surface area contributed by atoms with Crippen LogP contribution in [-0.2, 0) is 0 Å². The first-order chi connectivity index (χ1) is 4.09. The lowest BCUT2D eigenvalue weighted by molar-refractivity contribution is 0.813. The molecule has 0 spiro atoms. The fraction of sp³-hybridized carbons (Fsp3) is 0.714. The monoisotopic (exact) mass is 164 g/mol. The molecular formula is C7H13ClS. The number of hydrogen-bond acceptors (Lipinski definition) is 1. The molecule has 0 aliphatic rings. The fourth-order valence-electron chi connectivity index (χ4n) is 0.774. The Balaban J connectivity index is 4.16. The Morgan fingerprint density at radius 3 is 1.89 bits per heavy atom. The van der Waals surface area contributed by atoms with Crippen molar-refractivity contribution in [3.05, 3.63) is 9.94 Å². The molecule has 0 atom stereocenters. The van der Waals surface area contributed by atoms with Crippen LogP contribution in [0, 0.1) is 5.92 Å². The highest BCUT2D eigenvalue weighted by Crippen LogP contribution is 2.26. The molecular weight excluding hydrogens is 152 g/mol. The van der Waals surface area contributed by atoms with E-state index in [-0.39, 0.29) is 0 Å². The van der Waals surface area contributed by atoms with Gasteiger partial charge in [-0.3, -0.25) is 0 Å². The molecule has 54 valence electrons. The van der Waals surface area contributed by atoms with Crippen LogP contribution in [0.2, 0.25) is 0 Å². The zero-order chi connectivity index (χ0) is 7.44. The van der Waals surface area contributed by atoms with Crippen LogP contribution in [0.25, 0.3) is 0 Å². The predicted molar refractivity (Wildman–Crippen MR) is 46.9 cm³/mol. The molecule has 9 heavy (non-hydrogen) atoms. The predicted octanol–water partition coefficient (Wildman–Crippen LogP) is 3.48. The Morgan fingerprint density at radius 2 is 1.89 bits per heavy atom. The lowest BCUT2D eigenvalue weighted by Gasteiger charge is -2.07. The van der Waals surface area contributed by atoms with E-state index in [9.17, 15) is 0 Å². The third-order valence-corrected chi connectivity index (χ3v) is 2.62. The normalized spacial score (nSPS) is 14.0. The van der Waals surface area contributed by atoms with Gasteiger partial charge in [0.1, 0.15) is 0 Å². The number of hydrogen-bond donors (Lipinski definition) is 0. The van der Waals surface area contributed by atoms with Crippen molar-refractivity contribution >= 4 is 23.4 Å². The summed E-state index contributed by atoms with van der Waals surface area (Å²) in [7, 11) is 0. The van der Waals surface area contributed by atoms with E-state index in [1.807, 2.05) is 6.92 Å². The SMILES string of the molecule is CS/C(=C(/C)Cl)C(C)C. The highest BCUT2D eigenvalue weighted by atomic mass is 35.5. The Labute approximate surface area is 66.7 Å². The van der Waals surface area contributed by atoms with Crippen LogP contribution in [-0.4, -0.2) is 6.26 Å². The molecule has 0 rings (SSSR count). The van der Waals surface area contributed by atoms with Gasteiger partial charge in [0.2, 0.25) is 0 Å². The molecule has 0 N–H and O–H groups in total. The van der Waals surface area contributed by atoms with E-state index < -0.39 is 0 Å². The summed E-state index contributed by atoms with van der Waals surface area (Å²) in [6.07, 6.45) is 2.06. The van der Waals surface area contributed by atoms with Gasteiger partial charge < -0.3 is 0 Å². The molecule has 0 fully saturated rings. The van der Waals surface area contributed by atoms with Crippen LogP contribution in [0.1, 0.15) is 20.8 Å². The van der Waals surface area contributed by atoms with Crippen molar-refractivity contribution in [2.75, 3.05) is 6.26 Å². The average molecular weight is 165 g/mol. The van der Waals surface area contributed by atoms with Crippen LogP contribution < -0.4 is 0 Å². The highest BCUT2D eigenvalue weighted by molar-refractivity contribution is 8.02.